The molecule has 1 aromatic heterocycles. The summed E-state index contributed by atoms with van der Waals surface area (Å²) in [5.41, 5.74) is 4.78. The second kappa shape index (κ2) is 5.59. The summed E-state index contributed by atoms with van der Waals surface area (Å²) in [5, 5.41) is 2.44. The molecule has 0 saturated carbocycles. The molecule has 3 aromatic carbocycles. The number of rotatable bonds is 1. The Morgan fingerprint density at radius 3 is 1.74 bits per heavy atom. The summed E-state index contributed by atoms with van der Waals surface area (Å²) < 4.78 is 2.09. The van der Waals surface area contributed by atoms with Gasteiger partial charge in [-0.3, -0.25) is 0 Å². The lowest BCUT2D eigenvalue weighted by molar-refractivity contribution is -0.524. The third-order valence-electron chi connectivity index (χ3n) is 4.11. The van der Waals surface area contributed by atoms with E-state index in [0.717, 1.165) is 11.0 Å². The lowest BCUT2D eigenvalue weighted by Gasteiger charge is -2.09. The molecule has 1 heteroatoms. The molecular weight excluding hydrogens is 278 g/mol. The van der Waals surface area contributed by atoms with E-state index in [2.05, 4.69) is 95.4 Å². The fraction of sp³-hybridized carbons (Fsp3) is 0.0455. The highest BCUT2D eigenvalue weighted by Crippen LogP contribution is 2.33. The maximum absolute atomic E-state index is 3.24. The van der Waals surface area contributed by atoms with Gasteiger partial charge in [0.15, 0.2) is 0 Å². The largest absolute Gasteiger partial charge is 0.229 e. The van der Waals surface area contributed by atoms with E-state index in [1.165, 1.54) is 21.9 Å². The second-order valence-electron chi connectivity index (χ2n) is 5.47. The predicted molar refractivity (Wildman–Crippen MR) is 95.9 cm³/mol. The summed E-state index contributed by atoms with van der Waals surface area (Å²) in [6.45, 7) is 1.88. The van der Waals surface area contributed by atoms with Gasteiger partial charge in [0, 0.05) is 24.6 Å². The molecule has 0 bridgehead atoms. The van der Waals surface area contributed by atoms with Gasteiger partial charge in [0.1, 0.15) is 0 Å². The molecule has 0 atom stereocenters. The fourth-order valence-electron chi connectivity index (χ4n) is 3.18. The van der Waals surface area contributed by atoms with Gasteiger partial charge < -0.3 is 0 Å². The van der Waals surface area contributed by atoms with Crippen molar-refractivity contribution in [3.05, 3.63) is 78.9 Å². The van der Waals surface area contributed by atoms with Crippen molar-refractivity contribution in [1.29, 1.82) is 0 Å². The third kappa shape index (κ3) is 2.17. The second-order valence-corrected chi connectivity index (χ2v) is 5.47. The highest BCUT2D eigenvalue weighted by molar-refractivity contribution is 6.07. The standard InChI is InChI=1S/C22H16N/c1-2-16-23-20-14-8-6-12-18(20)22(17-10-4-3-5-11-17)19-13-7-9-15-21(19)23/h3-15H,1H3/q+1. The fourth-order valence-corrected chi connectivity index (χ4v) is 3.18. The SMILES string of the molecule is CC#C[n+]1c2ccccc2c(-c2ccccc2)c2ccccc21. The average Bonchev–Trinajstić information content (AvgIpc) is 2.62. The first kappa shape index (κ1) is 13.5. The van der Waals surface area contributed by atoms with Crippen molar-refractivity contribution in [1.82, 2.24) is 0 Å². The van der Waals surface area contributed by atoms with Crippen LogP contribution in [0.2, 0.25) is 0 Å². The molecule has 0 aliphatic rings. The van der Waals surface area contributed by atoms with Crippen LogP contribution in [0.5, 0.6) is 0 Å². The summed E-state index contributed by atoms with van der Waals surface area (Å²) in [6, 6.07) is 30.8. The maximum atomic E-state index is 3.24. The molecule has 0 radical (unpaired) electrons. The normalized spacial score (nSPS) is 10.5. The van der Waals surface area contributed by atoms with E-state index in [0.29, 0.717) is 0 Å². The minimum atomic E-state index is 1.14. The smallest absolute Gasteiger partial charge is 0.103 e. The van der Waals surface area contributed by atoms with Crippen LogP contribution in [0.25, 0.3) is 32.9 Å². The molecule has 4 aromatic rings. The zero-order valence-corrected chi connectivity index (χ0v) is 13.0. The zero-order valence-electron chi connectivity index (χ0n) is 13.0. The Morgan fingerprint density at radius 2 is 1.17 bits per heavy atom. The first-order valence-corrected chi connectivity index (χ1v) is 7.74. The summed E-state index contributed by atoms with van der Waals surface area (Å²) in [4.78, 5) is 0. The zero-order chi connectivity index (χ0) is 15.6. The van der Waals surface area contributed by atoms with Crippen LogP contribution in [-0.2, 0) is 0 Å². The Bertz CT molecular complexity index is 1010. The quantitative estimate of drug-likeness (QED) is 0.270. The molecule has 0 amide bonds. The number of benzene rings is 3. The van der Waals surface area contributed by atoms with E-state index in [1.807, 2.05) is 6.92 Å². The van der Waals surface area contributed by atoms with Gasteiger partial charge in [-0.15, -0.1) is 4.57 Å². The van der Waals surface area contributed by atoms with E-state index in [-0.39, 0.29) is 0 Å². The minimum absolute atomic E-state index is 1.14. The molecule has 0 saturated heterocycles. The average molecular weight is 294 g/mol. The van der Waals surface area contributed by atoms with Crippen LogP contribution < -0.4 is 4.57 Å². The molecular formula is C22H16N+. The van der Waals surface area contributed by atoms with Gasteiger partial charge in [-0.05, 0) is 23.6 Å². The first-order chi connectivity index (χ1) is 11.4. The molecule has 0 unspecified atom stereocenters. The molecule has 23 heavy (non-hydrogen) atoms. The van der Waals surface area contributed by atoms with Gasteiger partial charge in [-0.25, -0.2) is 0 Å². The van der Waals surface area contributed by atoms with E-state index in [1.54, 1.807) is 0 Å². The highest BCUT2D eigenvalue weighted by atomic mass is 14.9. The van der Waals surface area contributed by atoms with E-state index in [4.69, 9.17) is 0 Å². The molecule has 0 aliphatic carbocycles. The van der Waals surface area contributed by atoms with E-state index in [9.17, 15) is 0 Å². The Morgan fingerprint density at radius 1 is 0.652 bits per heavy atom. The number of para-hydroxylation sites is 2. The topological polar surface area (TPSA) is 3.88 Å². The van der Waals surface area contributed by atoms with Crippen LogP contribution in [0.4, 0.5) is 0 Å². The molecule has 0 aliphatic heterocycles. The number of hydrogen-bond donors (Lipinski definition) is 0. The third-order valence-corrected chi connectivity index (χ3v) is 4.11. The lowest BCUT2D eigenvalue weighted by atomic mass is 9.96. The molecule has 108 valence electrons. The number of fused-ring (bicyclic) bond motifs is 2. The first-order valence-electron chi connectivity index (χ1n) is 7.74. The van der Waals surface area contributed by atoms with E-state index >= 15 is 0 Å². The minimum Gasteiger partial charge on any atom is -0.103 e. The Balaban J connectivity index is 2.29. The van der Waals surface area contributed by atoms with Crippen molar-refractivity contribution in [2.75, 3.05) is 0 Å². The Kier molecular flexibility index (Phi) is 3.29. The van der Waals surface area contributed by atoms with Crippen molar-refractivity contribution in [3.63, 3.8) is 0 Å². The Labute approximate surface area is 135 Å². The molecule has 1 nitrogen and oxygen atoms in total. The van der Waals surface area contributed by atoms with Crippen molar-refractivity contribution in [2.24, 2.45) is 0 Å². The van der Waals surface area contributed by atoms with Crippen LogP contribution in [0, 0.1) is 12.0 Å². The summed E-state index contributed by atoms with van der Waals surface area (Å²) in [6.07, 6.45) is 0. The predicted octanol–water partition coefficient (Wildman–Crippen LogP) is 4.78. The lowest BCUT2D eigenvalue weighted by Crippen LogP contribution is -2.30. The Hall–Kier alpha value is -3.11. The highest BCUT2D eigenvalue weighted by Gasteiger charge is 2.19. The summed E-state index contributed by atoms with van der Waals surface area (Å²) in [7, 11) is 0. The number of aromatic nitrogens is 1. The maximum Gasteiger partial charge on any atom is 0.229 e. The van der Waals surface area contributed by atoms with Gasteiger partial charge in [0.2, 0.25) is 17.1 Å². The van der Waals surface area contributed by atoms with Crippen molar-refractivity contribution >= 4 is 21.8 Å². The van der Waals surface area contributed by atoms with E-state index < -0.39 is 0 Å². The van der Waals surface area contributed by atoms with Crippen LogP contribution >= 0.6 is 0 Å². The van der Waals surface area contributed by atoms with Crippen molar-refractivity contribution in [2.45, 2.75) is 6.92 Å². The monoisotopic (exact) mass is 294 g/mol. The summed E-state index contributed by atoms with van der Waals surface area (Å²) in [5.74, 6) is 3.04. The van der Waals surface area contributed by atoms with Crippen LogP contribution in [-0.4, -0.2) is 0 Å². The van der Waals surface area contributed by atoms with Crippen LogP contribution in [0.15, 0.2) is 78.9 Å². The number of nitrogens with zero attached hydrogens (tertiary/aromatic N) is 1. The van der Waals surface area contributed by atoms with Gasteiger partial charge in [-0.1, -0.05) is 54.6 Å². The molecule has 1 heterocycles. The van der Waals surface area contributed by atoms with Crippen LogP contribution in [0.3, 0.4) is 0 Å². The van der Waals surface area contributed by atoms with Gasteiger partial charge in [0.25, 0.3) is 0 Å². The van der Waals surface area contributed by atoms with Crippen molar-refractivity contribution in [3.8, 4) is 23.1 Å². The van der Waals surface area contributed by atoms with Crippen molar-refractivity contribution < 1.29 is 4.57 Å². The number of hydrogen-bond acceptors (Lipinski definition) is 0. The summed E-state index contributed by atoms with van der Waals surface area (Å²) >= 11 is 0. The van der Waals surface area contributed by atoms with Gasteiger partial charge in [0.05, 0.1) is 10.8 Å². The molecule has 0 spiro atoms. The molecule has 4 rings (SSSR count). The van der Waals surface area contributed by atoms with Crippen LogP contribution in [0.1, 0.15) is 6.92 Å². The number of pyridine rings is 1. The molecule has 0 fully saturated rings. The van der Waals surface area contributed by atoms with Gasteiger partial charge >= 0.3 is 0 Å². The molecule has 0 N–H and O–H groups in total. The van der Waals surface area contributed by atoms with Gasteiger partial charge in [-0.2, -0.15) is 0 Å².